The molecule has 2 atom stereocenters. The number of nitrogens with two attached hydrogens (primary N) is 1. The van der Waals surface area contributed by atoms with Crippen molar-refractivity contribution in [3.05, 3.63) is 47.0 Å². The summed E-state index contributed by atoms with van der Waals surface area (Å²) in [5.74, 6) is 1.13. The van der Waals surface area contributed by atoms with Gasteiger partial charge in [-0.25, -0.2) is 4.98 Å². The minimum atomic E-state index is -0.106. The molecule has 2 aliphatic rings. The number of anilines is 3. The number of aryl methyl sites for hydroxylation is 1. The highest BCUT2D eigenvalue weighted by Crippen LogP contribution is 2.29. The Kier molecular flexibility index (Phi) is 4.03. The van der Waals surface area contributed by atoms with E-state index >= 15 is 0 Å². The van der Waals surface area contributed by atoms with E-state index in [2.05, 4.69) is 20.9 Å². The smallest absolute Gasteiger partial charge is 0.255 e. The van der Waals surface area contributed by atoms with Crippen molar-refractivity contribution in [1.82, 2.24) is 10.3 Å². The zero-order valence-corrected chi connectivity index (χ0v) is 14.0. The van der Waals surface area contributed by atoms with Gasteiger partial charge in [-0.15, -0.1) is 0 Å². The number of nitrogens with zero attached hydrogens (tertiary/aromatic N) is 1. The number of nitrogens with one attached hydrogen (secondary N) is 3. The molecule has 0 saturated carbocycles. The number of rotatable bonds is 4. The number of hydrogen-bond donors (Lipinski definition) is 4. The largest absolute Gasteiger partial charge is 0.378 e. The molecule has 0 radical (unpaired) electrons. The van der Waals surface area contributed by atoms with Gasteiger partial charge in [-0.1, -0.05) is 12.1 Å². The summed E-state index contributed by atoms with van der Waals surface area (Å²) in [5, 5.41) is 9.47. The van der Waals surface area contributed by atoms with Gasteiger partial charge in [0, 0.05) is 12.2 Å². The van der Waals surface area contributed by atoms with Crippen LogP contribution in [-0.2, 0) is 11.3 Å². The molecular weight excluding hydrogens is 318 g/mol. The molecule has 1 fully saturated rings. The summed E-state index contributed by atoms with van der Waals surface area (Å²) >= 11 is 0. The van der Waals surface area contributed by atoms with Crippen LogP contribution in [0.15, 0.2) is 30.3 Å². The molecule has 1 saturated heterocycles. The van der Waals surface area contributed by atoms with Crippen LogP contribution in [0.5, 0.6) is 0 Å². The van der Waals surface area contributed by atoms with Crippen LogP contribution in [0.3, 0.4) is 0 Å². The van der Waals surface area contributed by atoms with Crippen molar-refractivity contribution in [1.29, 1.82) is 0 Å². The maximum absolute atomic E-state index is 12.2. The number of amides is 1. The van der Waals surface area contributed by atoms with Crippen molar-refractivity contribution in [2.75, 3.05) is 23.8 Å². The Labute approximate surface area is 146 Å². The Hall–Kier alpha value is -2.64. The van der Waals surface area contributed by atoms with Crippen LogP contribution in [0.25, 0.3) is 0 Å². The van der Waals surface area contributed by atoms with Gasteiger partial charge in [0.25, 0.3) is 5.91 Å². The monoisotopic (exact) mass is 339 g/mol. The van der Waals surface area contributed by atoms with E-state index in [0.717, 1.165) is 16.8 Å². The number of carbonyl (C=O) groups is 1. The summed E-state index contributed by atoms with van der Waals surface area (Å²) in [6.45, 7) is 3.62. The number of carbonyl (C=O) groups excluding carboxylic acids is 1. The topological polar surface area (TPSA) is 101 Å². The van der Waals surface area contributed by atoms with Crippen molar-refractivity contribution in [2.24, 2.45) is 5.73 Å². The van der Waals surface area contributed by atoms with E-state index in [4.69, 9.17) is 10.5 Å². The van der Waals surface area contributed by atoms with Gasteiger partial charge in [0.15, 0.2) is 0 Å². The molecule has 7 heteroatoms. The van der Waals surface area contributed by atoms with Gasteiger partial charge in [0.1, 0.15) is 11.6 Å². The Balaban J connectivity index is 1.67. The third kappa shape index (κ3) is 3.16. The second-order valence-electron chi connectivity index (χ2n) is 6.52. The summed E-state index contributed by atoms with van der Waals surface area (Å²) in [6.07, 6.45) is 0. The summed E-state index contributed by atoms with van der Waals surface area (Å²) in [6, 6.07) is 9.81. The lowest BCUT2D eigenvalue weighted by Crippen LogP contribution is -2.39. The third-order valence-corrected chi connectivity index (χ3v) is 4.51. The van der Waals surface area contributed by atoms with Crippen LogP contribution in [-0.4, -0.2) is 36.2 Å². The van der Waals surface area contributed by atoms with Crippen LogP contribution in [0, 0.1) is 6.92 Å². The molecule has 0 bridgehead atoms. The van der Waals surface area contributed by atoms with Crippen LogP contribution in [0.1, 0.15) is 21.5 Å². The normalized spacial score (nSPS) is 21.8. The maximum atomic E-state index is 12.2. The Bertz CT molecular complexity index is 823. The fraction of sp³-hybridized carbons (Fsp3) is 0.333. The average Bonchev–Trinajstić information content (AvgIpc) is 3.14. The zero-order valence-electron chi connectivity index (χ0n) is 14.0. The van der Waals surface area contributed by atoms with Crippen molar-refractivity contribution >= 4 is 23.2 Å². The van der Waals surface area contributed by atoms with E-state index in [1.807, 2.05) is 37.3 Å². The Morgan fingerprint density at radius 3 is 2.96 bits per heavy atom. The number of hydrogen-bond acceptors (Lipinski definition) is 6. The SMILES string of the molecule is Cc1cccc(Nc2nc(NC3COCC3N)cc3c2C(=O)NC3)c1. The molecule has 0 spiro atoms. The molecule has 2 aliphatic heterocycles. The number of aromatic nitrogens is 1. The second-order valence-corrected chi connectivity index (χ2v) is 6.52. The van der Waals surface area contributed by atoms with Gasteiger partial charge in [-0.3, -0.25) is 4.79 Å². The fourth-order valence-electron chi connectivity index (χ4n) is 3.19. The minimum absolute atomic E-state index is 0.0161. The molecule has 7 nitrogen and oxygen atoms in total. The van der Waals surface area contributed by atoms with Crippen LogP contribution >= 0.6 is 0 Å². The first-order valence-corrected chi connectivity index (χ1v) is 8.36. The molecule has 5 N–H and O–H groups in total. The van der Waals surface area contributed by atoms with Gasteiger partial charge in [0.05, 0.1) is 30.9 Å². The predicted molar refractivity (Wildman–Crippen MR) is 96.1 cm³/mol. The first-order valence-electron chi connectivity index (χ1n) is 8.36. The first-order chi connectivity index (χ1) is 12.1. The van der Waals surface area contributed by atoms with Gasteiger partial charge in [-0.05, 0) is 36.2 Å². The third-order valence-electron chi connectivity index (χ3n) is 4.51. The van der Waals surface area contributed by atoms with Gasteiger partial charge in [-0.2, -0.15) is 0 Å². The highest BCUT2D eigenvalue weighted by molar-refractivity contribution is 6.03. The lowest BCUT2D eigenvalue weighted by Gasteiger charge is -2.18. The second kappa shape index (κ2) is 6.34. The van der Waals surface area contributed by atoms with E-state index in [1.54, 1.807) is 0 Å². The van der Waals surface area contributed by atoms with Crippen molar-refractivity contribution in [3.63, 3.8) is 0 Å². The van der Waals surface area contributed by atoms with Crippen LogP contribution < -0.4 is 21.7 Å². The van der Waals surface area contributed by atoms with Crippen molar-refractivity contribution in [2.45, 2.75) is 25.6 Å². The van der Waals surface area contributed by atoms with E-state index in [-0.39, 0.29) is 18.0 Å². The summed E-state index contributed by atoms with van der Waals surface area (Å²) in [4.78, 5) is 16.8. The molecule has 4 rings (SSSR count). The highest BCUT2D eigenvalue weighted by atomic mass is 16.5. The van der Waals surface area contributed by atoms with E-state index in [0.29, 0.717) is 37.0 Å². The molecule has 1 aromatic carbocycles. The molecule has 130 valence electrons. The van der Waals surface area contributed by atoms with E-state index < -0.39 is 0 Å². The standard InChI is InChI=1S/C18H21N5O2/c1-10-3-2-4-12(5-10)21-17-16-11(7-20-18(16)24)6-15(23-17)22-14-9-25-8-13(14)19/h2-6,13-14H,7-9,19H2,1H3,(H,20,24)(H2,21,22,23). The summed E-state index contributed by atoms with van der Waals surface area (Å²) < 4.78 is 5.39. The maximum Gasteiger partial charge on any atom is 0.255 e. The van der Waals surface area contributed by atoms with E-state index in [9.17, 15) is 4.79 Å². The Morgan fingerprint density at radius 2 is 2.20 bits per heavy atom. The number of ether oxygens (including phenoxy) is 1. The van der Waals surface area contributed by atoms with Crippen LogP contribution in [0.2, 0.25) is 0 Å². The number of pyridine rings is 1. The van der Waals surface area contributed by atoms with Crippen molar-refractivity contribution < 1.29 is 9.53 Å². The summed E-state index contributed by atoms with van der Waals surface area (Å²) in [5.41, 5.74) is 9.59. The van der Waals surface area contributed by atoms with Gasteiger partial charge < -0.3 is 26.4 Å². The summed E-state index contributed by atoms with van der Waals surface area (Å²) in [7, 11) is 0. The van der Waals surface area contributed by atoms with Crippen LogP contribution in [0.4, 0.5) is 17.3 Å². The quantitative estimate of drug-likeness (QED) is 0.674. The van der Waals surface area contributed by atoms with E-state index in [1.165, 1.54) is 0 Å². The average molecular weight is 339 g/mol. The zero-order chi connectivity index (χ0) is 17.4. The first kappa shape index (κ1) is 15.9. The number of benzene rings is 1. The minimum Gasteiger partial charge on any atom is -0.378 e. The Morgan fingerprint density at radius 1 is 1.32 bits per heavy atom. The number of fused-ring (bicyclic) bond motifs is 1. The molecule has 2 unspecified atom stereocenters. The molecule has 25 heavy (non-hydrogen) atoms. The lowest BCUT2D eigenvalue weighted by molar-refractivity contribution is 0.0966. The predicted octanol–water partition coefficient (Wildman–Crippen LogP) is 1.52. The lowest BCUT2D eigenvalue weighted by atomic mass is 10.1. The molecule has 1 aromatic heterocycles. The molecule has 2 aromatic rings. The fourth-order valence-corrected chi connectivity index (χ4v) is 3.19. The van der Waals surface area contributed by atoms with Gasteiger partial charge >= 0.3 is 0 Å². The molecule has 1 amide bonds. The van der Waals surface area contributed by atoms with Crippen molar-refractivity contribution in [3.8, 4) is 0 Å². The van der Waals surface area contributed by atoms with Gasteiger partial charge in [0.2, 0.25) is 0 Å². The molecule has 0 aliphatic carbocycles. The molecular formula is C18H21N5O2. The highest BCUT2D eigenvalue weighted by Gasteiger charge is 2.28. The molecule has 3 heterocycles.